The lowest BCUT2D eigenvalue weighted by atomic mass is 10.2. The number of nitrogens with zero attached hydrogens (tertiary/aromatic N) is 1. The Kier molecular flexibility index (Phi) is 8.22. The van der Waals surface area contributed by atoms with Gasteiger partial charge in [-0.3, -0.25) is 9.59 Å². The first kappa shape index (κ1) is 22.8. The number of carbonyl (C=O) groups is 2. The van der Waals surface area contributed by atoms with Crippen LogP contribution in [0.2, 0.25) is 5.02 Å². The quantitative estimate of drug-likeness (QED) is 0.382. The molecule has 0 atom stereocenters. The maximum atomic E-state index is 12.1. The molecule has 8 heteroatoms. The standard InChI is InChI=1S/C24H22ClN3O4/c1-31-22-13-18(11-12-21(22)32-16-17-7-3-2-4-8-17)14-27-28-23(29)15-26-24(30)19-9-5-6-10-20(19)25/h2-14H,15-16H2,1H3,(H,26,30)(H,28,29)/b27-14+. The van der Waals surface area contributed by atoms with E-state index in [-0.39, 0.29) is 6.54 Å². The zero-order chi connectivity index (χ0) is 22.8. The highest BCUT2D eigenvalue weighted by Crippen LogP contribution is 2.28. The molecule has 2 N–H and O–H groups in total. The van der Waals surface area contributed by atoms with Crippen molar-refractivity contribution in [3.8, 4) is 11.5 Å². The predicted molar refractivity (Wildman–Crippen MR) is 123 cm³/mol. The molecule has 0 saturated heterocycles. The maximum absolute atomic E-state index is 12.1. The fraction of sp³-hybridized carbons (Fsp3) is 0.125. The lowest BCUT2D eigenvalue weighted by Gasteiger charge is -2.11. The minimum absolute atomic E-state index is 0.239. The van der Waals surface area contributed by atoms with Crippen LogP contribution in [0.3, 0.4) is 0 Å². The largest absolute Gasteiger partial charge is 0.493 e. The van der Waals surface area contributed by atoms with E-state index in [1.165, 1.54) is 6.21 Å². The summed E-state index contributed by atoms with van der Waals surface area (Å²) in [7, 11) is 1.55. The van der Waals surface area contributed by atoms with Gasteiger partial charge in [-0.2, -0.15) is 5.10 Å². The van der Waals surface area contributed by atoms with Gasteiger partial charge in [-0.05, 0) is 41.5 Å². The summed E-state index contributed by atoms with van der Waals surface area (Å²) in [5, 5.41) is 6.72. The Bertz CT molecular complexity index is 1100. The third-order valence-electron chi connectivity index (χ3n) is 4.36. The van der Waals surface area contributed by atoms with Crippen LogP contribution >= 0.6 is 11.6 Å². The van der Waals surface area contributed by atoms with Gasteiger partial charge in [-0.25, -0.2) is 5.43 Å². The molecule has 0 fully saturated rings. The molecule has 0 aliphatic rings. The van der Waals surface area contributed by atoms with Crippen molar-refractivity contribution in [3.05, 3.63) is 94.5 Å². The average molecular weight is 452 g/mol. The molecular formula is C24H22ClN3O4. The topological polar surface area (TPSA) is 89.0 Å². The molecule has 0 bridgehead atoms. The zero-order valence-electron chi connectivity index (χ0n) is 17.4. The minimum Gasteiger partial charge on any atom is -0.493 e. The first-order valence-electron chi connectivity index (χ1n) is 9.76. The van der Waals surface area contributed by atoms with E-state index in [9.17, 15) is 9.59 Å². The van der Waals surface area contributed by atoms with Crippen LogP contribution in [0.1, 0.15) is 21.5 Å². The summed E-state index contributed by atoms with van der Waals surface area (Å²) < 4.78 is 11.2. The summed E-state index contributed by atoms with van der Waals surface area (Å²) >= 11 is 5.97. The highest BCUT2D eigenvalue weighted by atomic mass is 35.5. The first-order valence-corrected chi connectivity index (χ1v) is 10.1. The highest BCUT2D eigenvalue weighted by Gasteiger charge is 2.10. The molecule has 2 amide bonds. The molecule has 0 heterocycles. The SMILES string of the molecule is COc1cc(/C=N/NC(=O)CNC(=O)c2ccccc2Cl)ccc1OCc1ccccc1. The molecular weight excluding hydrogens is 430 g/mol. The van der Waals surface area contributed by atoms with E-state index in [2.05, 4.69) is 15.8 Å². The summed E-state index contributed by atoms with van der Waals surface area (Å²) in [6.45, 7) is 0.178. The van der Waals surface area contributed by atoms with E-state index in [1.54, 1.807) is 49.6 Å². The van der Waals surface area contributed by atoms with E-state index in [0.29, 0.717) is 34.3 Å². The fourth-order valence-electron chi connectivity index (χ4n) is 2.74. The Morgan fingerprint density at radius 1 is 1.00 bits per heavy atom. The van der Waals surface area contributed by atoms with E-state index in [1.807, 2.05) is 30.3 Å². The van der Waals surface area contributed by atoms with Gasteiger partial charge in [-0.15, -0.1) is 0 Å². The van der Waals surface area contributed by atoms with Crippen molar-refractivity contribution >= 4 is 29.6 Å². The number of amides is 2. The van der Waals surface area contributed by atoms with Crippen LogP contribution < -0.4 is 20.2 Å². The van der Waals surface area contributed by atoms with Crippen molar-refractivity contribution in [3.63, 3.8) is 0 Å². The van der Waals surface area contributed by atoms with Crippen molar-refractivity contribution in [1.82, 2.24) is 10.7 Å². The number of benzene rings is 3. The summed E-state index contributed by atoms with van der Waals surface area (Å²) in [6, 6.07) is 21.7. The summed E-state index contributed by atoms with van der Waals surface area (Å²) in [6.07, 6.45) is 1.47. The number of rotatable bonds is 9. The van der Waals surface area contributed by atoms with Crippen molar-refractivity contribution in [2.45, 2.75) is 6.61 Å². The number of ether oxygens (including phenoxy) is 2. The summed E-state index contributed by atoms with van der Waals surface area (Å²) in [4.78, 5) is 24.0. The molecule has 3 rings (SSSR count). The van der Waals surface area contributed by atoms with Gasteiger partial charge in [0.05, 0.1) is 30.5 Å². The highest BCUT2D eigenvalue weighted by molar-refractivity contribution is 6.33. The monoisotopic (exact) mass is 451 g/mol. The lowest BCUT2D eigenvalue weighted by Crippen LogP contribution is -2.35. The normalized spacial score (nSPS) is 10.6. The third kappa shape index (κ3) is 6.58. The van der Waals surface area contributed by atoms with E-state index < -0.39 is 11.8 Å². The Labute approximate surface area is 191 Å². The summed E-state index contributed by atoms with van der Waals surface area (Å²) in [5.74, 6) is 0.227. The average Bonchev–Trinajstić information content (AvgIpc) is 2.82. The van der Waals surface area contributed by atoms with Crippen molar-refractivity contribution < 1.29 is 19.1 Å². The Morgan fingerprint density at radius 3 is 2.50 bits per heavy atom. The van der Waals surface area contributed by atoms with Gasteiger partial charge in [0, 0.05) is 0 Å². The molecule has 0 aliphatic heterocycles. The van der Waals surface area contributed by atoms with Crippen LogP contribution in [0, 0.1) is 0 Å². The van der Waals surface area contributed by atoms with Crippen LogP contribution in [0.5, 0.6) is 11.5 Å². The number of hydrazone groups is 1. The van der Waals surface area contributed by atoms with Gasteiger partial charge in [0.2, 0.25) is 0 Å². The fourth-order valence-corrected chi connectivity index (χ4v) is 2.96. The molecule has 164 valence electrons. The van der Waals surface area contributed by atoms with Gasteiger partial charge in [0.1, 0.15) is 6.61 Å². The zero-order valence-corrected chi connectivity index (χ0v) is 18.1. The molecule has 0 aliphatic carbocycles. The number of nitrogens with one attached hydrogen (secondary N) is 2. The maximum Gasteiger partial charge on any atom is 0.259 e. The van der Waals surface area contributed by atoms with Crippen molar-refractivity contribution in [2.24, 2.45) is 5.10 Å². The number of hydrogen-bond donors (Lipinski definition) is 2. The van der Waals surface area contributed by atoms with Gasteiger partial charge >= 0.3 is 0 Å². The van der Waals surface area contributed by atoms with E-state index in [0.717, 1.165) is 5.56 Å². The Hall–Kier alpha value is -3.84. The minimum atomic E-state index is -0.476. The number of methoxy groups -OCH3 is 1. The molecule has 3 aromatic rings. The third-order valence-corrected chi connectivity index (χ3v) is 4.69. The first-order chi connectivity index (χ1) is 15.6. The smallest absolute Gasteiger partial charge is 0.259 e. The van der Waals surface area contributed by atoms with E-state index >= 15 is 0 Å². The van der Waals surface area contributed by atoms with Crippen LogP contribution in [-0.2, 0) is 11.4 Å². The Balaban J connectivity index is 1.50. The number of hydrogen-bond acceptors (Lipinski definition) is 5. The van der Waals surface area contributed by atoms with Gasteiger partial charge in [0.15, 0.2) is 11.5 Å². The van der Waals surface area contributed by atoms with Gasteiger partial charge < -0.3 is 14.8 Å². The molecule has 0 unspecified atom stereocenters. The van der Waals surface area contributed by atoms with E-state index in [4.69, 9.17) is 21.1 Å². The van der Waals surface area contributed by atoms with Crippen molar-refractivity contribution in [2.75, 3.05) is 13.7 Å². The van der Waals surface area contributed by atoms with Crippen LogP contribution in [-0.4, -0.2) is 31.7 Å². The molecule has 0 saturated carbocycles. The molecule has 0 aromatic heterocycles. The second-order valence-corrected chi connectivity index (χ2v) is 7.05. The molecule has 32 heavy (non-hydrogen) atoms. The Morgan fingerprint density at radius 2 is 1.75 bits per heavy atom. The van der Waals surface area contributed by atoms with Crippen LogP contribution in [0.15, 0.2) is 77.9 Å². The number of halogens is 1. The van der Waals surface area contributed by atoms with Crippen LogP contribution in [0.25, 0.3) is 0 Å². The van der Waals surface area contributed by atoms with Crippen LogP contribution in [0.4, 0.5) is 0 Å². The van der Waals surface area contributed by atoms with Crippen molar-refractivity contribution in [1.29, 1.82) is 0 Å². The number of carbonyl (C=O) groups excluding carboxylic acids is 2. The summed E-state index contributed by atoms with van der Waals surface area (Å²) in [5.41, 5.74) is 4.41. The molecule has 7 nitrogen and oxygen atoms in total. The van der Waals surface area contributed by atoms with Gasteiger partial charge in [0.25, 0.3) is 11.8 Å². The molecule has 0 spiro atoms. The molecule has 0 radical (unpaired) electrons. The lowest BCUT2D eigenvalue weighted by molar-refractivity contribution is -0.120. The molecule has 3 aromatic carbocycles. The second-order valence-electron chi connectivity index (χ2n) is 6.64. The second kappa shape index (κ2) is 11.5. The predicted octanol–water partition coefficient (Wildman–Crippen LogP) is 3.81. The van der Waals surface area contributed by atoms with Gasteiger partial charge in [-0.1, -0.05) is 54.1 Å².